The SMILES string of the molecule is FC(F)Oc1ccc(/C=C2\CCCC3=C2N=C2SC=C(c4ccc(Br)cc4)N2[C@@H]3c2ccc(OC(F)F)cc2)cc1. The zero-order valence-electron chi connectivity index (χ0n) is 21.4. The number of halogens is 5. The molecule has 10 heteroatoms. The van der Waals surface area contributed by atoms with Crippen LogP contribution in [-0.2, 0) is 0 Å². The van der Waals surface area contributed by atoms with E-state index < -0.39 is 13.2 Å². The fourth-order valence-corrected chi connectivity index (χ4v) is 6.52. The Kier molecular flexibility index (Phi) is 7.94. The van der Waals surface area contributed by atoms with Crippen LogP contribution in [-0.4, -0.2) is 23.3 Å². The monoisotopic (exact) mass is 642 g/mol. The van der Waals surface area contributed by atoms with E-state index in [9.17, 15) is 17.6 Å². The van der Waals surface area contributed by atoms with Crippen molar-refractivity contribution in [3.05, 3.63) is 116 Å². The van der Waals surface area contributed by atoms with Crippen molar-refractivity contribution in [2.45, 2.75) is 38.5 Å². The molecule has 1 aliphatic carbocycles. The maximum atomic E-state index is 12.8. The summed E-state index contributed by atoms with van der Waals surface area (Å²) in [7, 11) is 0. The van der Waals surface area contributed by atoms with Crippen LogP contribution in [0.2, 0.25) is 0 Å². The molecule has 3 aliphatic rings. The number of amidine groups is 1. The fraction of sp³-hybridized carbons (Fsp3) is 0.194. The number of aliphatic imine (C=N–C) groups is 1. The molecular weight excluding hydrogens is 620 g/mol. The lowest BCUT2D eigenvalue weighted by atomic mass is 9.82. The maximum Gasteiger partial charge on any atom is 0.387 e. The molecule has 0 aromatic heterocycles. The van der Waals surface area contributed by atoms with Gasteiger partial charge in [0.2, 0.25) is 0 Å². The van der Waals surface area contributed by atoms with Crippen molar-refractivity contribution >= 4 is 44.6 Å². The number of fused-ring (bicyclic) bond motifs is 1. The molecule has 3 aromatic carbocycles. The highest BCUT2D eigenvalue weighted by molar-refractivity contribution is 9.10. The summed E-state index contributed by atoms with van der Waals surface area (Å²) in [5.41, 5.74) is 6.94. The minimum absolute atomic E-state index is 0.102. The summed E-state index contributed by atoms with van der Waals surface area (Å²) in [6.45, 7) is -5.77. The number of benzene rings is 3. The molecule has 2 aliphatic heterocycles. The maximum absolute atomic E-state index is 12.8. The van der Waals surface area contributed by atoms with Gasteiger partial charge >= 0.3 is 13.2 Å². The Morgan fingerprint density at radius 2 is 1.49 bits per heavy atom. The molecule has 0 bridgehead atoms. The molecule has 210 valence electrons. The van der Waals surface area contributed by atoms with Gasteiger partial charge in [-0.15, -0.1) is 0 Å². The van der Waals surface area contributed by atoms with E-state index in [4.69, 9.17) is 4.99 Å². The largest absolute Gasteiger partial charge is 0.435 e. The van der Waals surface area contributed by atoms with Crippen molar-refractivity contribution in [3.63, 3.8) is 0 Å². The molecular formula is C31H23BrF4N2O2S. The summed E-state index contributed by atoms with van der Waals surface area (Å²) in [5, 5.41) is 2.92. The summed E-state index contributed by atoms with van der Waals surface area (Å²) >= 11 is 5.05. The Hall–Kier alpha value is -3.50. The molecule has 0 unspecified atom stereocenters. The first-order valence-corrected chi connectivity index (χ1v) is 14.6. The predicted octanol–water partition coefficient (Wildman–Crippen LogP) is 9.63. The van der Waals surface area contributed by atoms with Gasteiger partial charge in [0.05, 0.1) is 17.4 Å². The van der Waals surface area contributed by atoms with Gasteiger partial charge in [-0.25, -0.2) is 4.99 Å². The van der Waals surface area contributed by atoms with E-state index in [2.05, 4.69) is 35.7 Å². The van der Waals surface area contributed by atoms with Gasteiger partial charge in [0.25, 0.3) is 0 Å². The minimum atomic E-state index is -2.90. The van der Waals surface area contributed by atoms with Crippen molar-refractivity contribution in [2.24, 2.45) is 4.99 Å². The van der Waals surface area contributed by atoms with E-state index in [1.165, 1.54) is 12.1 Å². The highest BCUT2D eigenvalue weighted by Crippen LogP contribution is 2.51. The first-order valence-electron chi connectivity index (χ1n) is 12.9. The smallest absolute Gasteiger partial charge is 0.387 e. The van der Waals surface area contributed by atoms with Gasteiger partial charge in [-0.1, -0.05) is 64.1 Å². The van der Waals surface area contributed by atoms with Crippen LogP contribution < -0.4 is 9.47 Å². The van der Waals surface area contributed by atoms with E-state index in [1.54, 1.807) is 36.0 Å². The third kappa shape index (κ3) is 5.94. The lowest BCUT2D eigenvalue weighted by molar-refractivity contribution is -0.0505. The minimum Gasteiger partial charge on any atom is -0.435 e. The lowest BCUT2D eigenvalue weighted by Crippen LogP contribution is -2.34. The Balaban J connectivity index is 1.41. The molecule has 0 saturated carbocycles. The van der Waals surface area contributed by atoms with Crippen molar-refractivity contribution in [2.75, 3.05) is 0 Å². The number of hydrogen-bond donors (Lipinski definition) is 0. The molecule has 3 aromatic rings. The van der Waals surface area contributed by atoms with Crippen LogP contribution in [0.25, 0.3) is 11.8 Å². The zero-order chi connectivity index (χ0) is 28.5. The number of hydrogen-bond acceptors (Lipinski definition) is 5. The van der Waals surface area contributed by atoms with E-state index in [0.29, 0.717) is 0 Å². The number of rotatable bonds is 7. The van der Waals surface area contributed by atoms with Crippen LogP contribution in [0, 0.1) is 0 Å². The molecule has 41 heavy (non-hydrogen) atoms. The Bertz CT molecular complexity index is 1550. The summed E-state index contributed by atoms with van der Waals surface area (Å²) in [5.74, 6) is 0.207. The summed E-state index contributed by atoms with van der Waals surface area (Å²) < 4.78 is 60.9. The number of thioether (sulfide) groups is 1. The van der Waals surface area contributed by atoms with E-state index in [0.717, 1.165) is 68.1 Å². The first kappa shape index (κ1) is 27.7. The molecule has 1 atom stereocenters. The number of allylic oxidation sites excluding steroid dienone is 1. The Labute approximate surface area is 247 Å². The van der Waals surface area contributed by atoms with Crippen molar-refractivity contribution in [3.8, 4) is 11.5 Å². The third-order valence-electron chi connectivity index (χ3n) is 7.05. The zero-order valence-corrected chi connectivity index (χ0v) is 23.8. The highest BCUT2D eigenvalue weighted by atomic mass is 79.9. The van der Waals surface area contributed by atoms with Crippen LogP contribution in [0.15, 0.2) is 105 Å². The number of nitrogens with zero attached hydrogens (tertiary/aromatic N) is 2. The first-order chi connectivity index (χ1) is 19.9. The van der Waals surface area contributed by atoms with Crippen molar-refractivity contribution < 1.29 is 27.0 Å². The van der Waals surface area contributed by atoms with Gasteiger partial charge < -0.3 is 14.4 Å². The second-order valence-electron chi connectivity index (χ2n) is 9.59. The van der Waals surface area contributed by atoms with Gasteiger partial charge in [0.1, 0.15) is 11.5 Å². The van der Waals surface area contributed by atoms with Gasteiger partial charge in [0.15, 0.2) is 5.17 Å². The topological polar surface area (TPSA) is 34.1 Å². The normalized spacial score (nSPS) is 19.3. The van der Waals surface area contributed by atoms with Crippen LogP contribution in [0.5, 0.6) is 11.5 Å². The lowest BCUT2D eigenvalue weighted by Gasteiger charge is -2.40. The predicted molar refractivity (Wildman–Crippen MR) is 157 cm³/mol. The Morgan fingerprint density at radius 3 is 2.12 bits per heavy atom. The van der Waals surface area contributed by atoms with Gasteiger partial charge in [-0.05, 0) is 89.6 Å². The van der Waals surface area contributed by atoms with Crippen LogP contribution in [0.1, 0.15) is 42.0 Å². The Morgan fingerprint density at radius 1 is 0.854 bits per heavy atom. The molecule has 0 fully saturated rings. The van der Waals surface area contributed by atoms with Gasteiger partial charge in [-0.3, -0.25) is 0 Å². The van der Waals surface area contributed by atoms with E-state index in [-0.39, 0.29) is 17.5 Å². The summed E-state index contributed by atoms with van der Waals surface area (Å²) in [6, 6.07) is 21.2. The average molecular weight is 644 g/mol. The molecule has 0 amide bonds. The van der Waals surface area contributed by atoms with Gasteiger partial charge in [0, 0.05) is 9.88 Å². The van der Waals surface area contributed by atoms with Crippen LogP contribution >= 0.6 is 27.7 Å². The number of alkyl halides is 4. The van der Waals surface area contributed by atoms with E-state index in [1.807, 2.05) is 42.5 Å². The summed E-state index contributed by atoms with van der Waals surface area (Å²) in [4.78, 5) is 7.35. The number of ether oxygens (including phenoxy) is 2. The molecule has 2 heterocycles. The average Bonchev–Trinajstić information content (AvgIpc) is 3.37. The molecule has 0 saturated heterocycles. The molecule has 4 nitrogen and oxygen atoms in total. The van der Waals surface area contributed by atoms with Gasteiger partial charge in [-0.2, -0.15) is 17.6 Å². The molecule has 0 N–H and O–H groups in total. The second kappa shape index (κ2) is 11.8. The second-order valence-corrected chi connectivity index (χ2v) is 11.3. The van der Waals surface area contributed by atoms with Crippen molar-refractivity contribution in [1.29, 1.82) is 0 Å². The molecule has 6 rings (SSSR count). The fourth-order valence-electron chi connectivity index (χ4n) is 5.33. The van der Waals surface area contributed by atoms with Crippen molar-refractivity contribution in [1.82, 2.24) is 4.90 Å². The third-order valence-corrected chi connectivity index (χ3v) is 8.41. The van der Waals surface area contributed by atoms with Crippen LogP contribution in [0.4, 0.5) is 17.6 Å². The van der Waals surface area contributed by atoms with E-state index >= 15 is 0 Å². The standard InChI is InChI=1S/C31H23BrF4N2O2S/c32-22-10-6-19(7-11-22)26-17-41-31-37-27-21(16-18-4-12-23(13-5-18)39-29(33)34)2-1-3-25(27)28(38(26)31)20-8-14-24(15-9-20)40-30(35)36/h4-17,28-30H,1-3H2/b21-16+/t28-/m1/s1. The molecule has 0 radical (unpaired) electrons. The quantitative estimate of drug-likeness (QED) is 0.240. The highest BCUT2D eigenvalue weighted by Gasteiger charge is 2.40. The summed E-state index contributed by atoms with van der Waals surface area (Å²) in [6.07, 6.45) is 4.58. The van der Waals surface area contributed by atoms with Crippen LogP contribution in [0.3, 0.4) is 0 Å². The molecule has 0 spiro atoms.